The molecule has 3 unspecified atom stereocenters. The summed E-state index contributed by atoms with van der Waals surface area (Å²) in [5.41, 5.74) is 0. The zero-order chi connectivity index (χ0) is 10.9. The first-order chi connectivity index (χ1) is 6.32. The first-order valence-electron chi connectivity index (χ1n) is 4.67. The van der Waals surface area contributed by atoms with Gasteiger partial charge in [0.15, 0.2) is 0 Å². The Morgan fingerprint density at radius 1 is 1.14 bits per heavy atom. The third-order valence-corrected chi connectivity index (χ3v) is 3.01. The molecule has 0 heterocycles. The summed E-state index contributed by atoms with van der Waals surface area (Å²) >= 11 is 0. The van der Waals surface area contributed by atoms with Crippen LogP contribution in [0.25, 0.3) is 0 Å². The van der Waals surface area contributed by atoms with Crippen LogP contribution in [0.4, 0.5) is 22.0 Å². The molecule has 1 fully saturated rings. The molecule has 0 aliphatic heterocycles. The highest BCUT2D eigenvalue weighted by Crippen LogP contribution is 2.44. The fourth-order valence-corrected chi connectivity index (χ4v) is 2.04. The molecule has 84 valence electrons. The van der Waals surface area contributed by atoms with E-state index in [4.69, 9.17) is 0 Å². The van der Waals surface area contributed by atoms with Crippen LogP contribution in [0, 0.1) is 17.8 Å². The predicted octanol–water partition coefficient (Wildman–Crippen LogP) is 3.87. The van der Waals surface area contributed by atoms with Crippen LogP contribution in [-0.2, 0) is 0 Å². The highest BCUT2D eigenvalue weighted by Gasteiger charge is 2.47. The van der Waals surface area contributed by atoms with Crippen molar-refractivity contribution in [3.63, 3.8) is 0 Å². The Morgan fingerprint density at radius 2 is 1.71 bits per heavy atom. The molecular formula is C9H13F5. The topological polar surface area (TPSA) is 0 Å². The van der Waals surface area contributed by atoms with Gasteiger partial charge in [0.2, 0.25) is 6.43 Å². The van der Waals surface area contributed by atoms with Gasteiger partial charge in [0.1, 0.15) is 0 Å². The monoisotopic (exact) mass is 216 g/mol. The first-order valence-corrected chi connectivity index (χ1v) is 4.67. The van der Waals surface area contributed by atoms with E-state index in [1.807, 2.05) is 0 Å². The van der Waals surface area contributed by atoms with Gasteiger partial charge in [-0.25, -0.2) is 8.78 Å². The summed E-state index contributed by atoms with van der Waals surface area (Å²) in [5.74, 6) is -3.14. The maximum absolute atomic E-state index is 12.4. The Kier molecular flexibility index (Phi) is 3.37. The summed E-state index contributed by atoms with van der Waals surface area (Å²) < 4.78 is 61.6. The van der Waals surface area contributed by atoms with E-state index < -0.39 is 36.8 Å². The predicted molar refractivity (Wildman–Crippen MR) is 42.1 cm³/mol. The molecule has 0 nitrogen and oxygen atoms in total. The largest absolute Gasteiger partial charge is 0.392 e. The molecule has 1 saturated carbocycles. The van der Waals surface area contributed by atoms with E-state index in [0.29, 0.717) is 0 Å². The van der Waals surface area contributed by atoms with Gasteiger partial charge in [0, 0.05) is 5.92 Å². The summed E-state index contributed by atoms with van der Waals surface area (Å²) in [6.45, 7) is 1.49. The Hall–Kier alpha value is -0.350. The van der Waals surface area contributed by atoms with Gasteiger partial charge in [0.25, 0.3) is 0 Å². The molecule has 0 aromatic carbocycles. The molecule has 0 aromatic heterocycles. The molecule has 0 saturated heterocycles. The van der Waals surface area contributed by atoms with Gasteiger partial charge in [-0.05, 0) is 25.2 Å². The van der Waals surface area contributed by atoms with Crippen LogP contribution in [-0.4, -0.2) is 12.6 Å². The van der Waals surface area contributed by atoms with E-state index in [2.05, 4.69) is 0 Å². The number of halogens is 5. The quantitative estimate of drug-likeness (QED) is 0.584. The second kappa shape index (κ2) is 4.03. The van der Waals surface area contributed by atoms with Crippen LogP contribution in [0.15, 0.2) is 0 Å². The minimum atomic E-state index is -4.33. The van der Waals surface area contributed by atoms with Crippen molar-refractivity contribution < 1.29 is 22.0 Å². The molecule has 0 radical (unpaired) electrons. The van der Waals surface area contributed by atoms with Crippen molar-refractivity contribution in [1.82, 2.24) is 0 Å². The van der Waals surface area contributed by atoms with Crippen LogP contribution in [0.2, 0.25) is 0 Å². The lowest BCUT2D eigenvalue weighted by Crippen LogP contribution is -2.36. The van der Waals surface area contributed by atoms with E-state index in [-0.39, 0.29) is 12.8 Å². The second-order valence-electron chi connectivity index (χ2n) is 4.03. The Morgan fingerprint density at radius 3 is 2.14 bits per heavy atom. The molecule has 5 heteroatoms. The maximum Gasteiger partial charge on any atom is 0.392 e. The van der Waals surface area contributed by atoms with Crippen molar-refractivity contribution >= 4 is 0 Å². The Labute approximate surface area is 79.5 Å². The average molecular weight is 216 g/mol. The van der Waals surface area contributed by atoms with E-state index >= 15 is 0 Å². The summed E-state index contributed by atoms with van der Waals surface area (Å²) in [5, 5.41) is 0. The average Bonchev–Trinajstić information content (AvgIpc) is 2.02. The number of hydrogen-bond donors (Lipinski definition) is 0. The van der Waals surface area contributed by atoms with Crippen molar-refractivity contribution in [2.24, 2.45) is 17.8 Å². The number of hydrogen-bond acceptors (Lipinski definition) is 0. The van der Waals surface area contributed by atoms with Gasteiger partial charge in [-0.2, -0.15) is 13.2 Å². The molecule has 0 spiro atoms. The van der Waals surface area contributed by atoms with Crippen LogP contribution in [0.1, 0.15) is 26.2 Å². The van der Waals surface area contributed by atoms with Gasteiger partial charge < -0.3 is 0 Å². The van der Waals surface area contributed by atoms with E-state index in [1.165, 1.54) is 6.92 Å². The van der Waals surface area contributed by atoms with Crippen LogP contribution >= 0.6 is 0 Å². The van der Waals surface area contributed by atoms with Crippen LogP contribution < -0.4 is 0 Å². The van der Waals surface area contributed by atoms with Gasteiger partial charge >= 0.3 is 6.18 Å². The molecule has 1 aliphatic rings. The lowest BCUT2D eigenvalue weighted by Gasteiger charge is -2.34. The molecule has 1 rings (SSSR count). The van der Waals surface area contributed by atoms with Gasteiger partial charge in [-0.3, -0.25) is 0 Å². The highest BCUT2D eigenvalue weighted by atomic mass is 19.4. The molecule has 0 amide bonds. The standard InChI is InChI=1S/C9H13F5/c1-5-2-3-6(8(10)11)4-7(5)9(12,13)14/h5-8H,2-4H2,1H3. The van der Waals surface area contributed by atoms with Gasteiger partial charge in [-0.15, -0.1) is 0 Å². The molecule has 3 atom stereocenters. The summed E-state index contributed by atoms with van der Waals surface area (Å²) in [6, 6.07) is 0. The fourth-order valence-electron chi connectivity index (χ4n) is 2.04. The normalized spacial score (nSPS) is 34.9. The van der Waals surface area contributed by atoms with Crippen molar-refractivity contribution in [3.8, 4) is 0 Å². The minimum absolute atomic E-state index is 0.214. The first kappa shape index (κ1) is 11.7. The molecule has 0 bridgehead atoms. The molecule has 0 N–H and O–H groups in total. The molecule has 14 heavy (non-hydrogen) atoms. The zero-order valence-corrected chi connectivity index (χ0v) is 7.82. The van der Waals surface area contributed by atoms with Gasteiger partial charge in [-0.1, -0.05) is 6.92 Å². The summed E-state index contributed by atoms with van der Waals surface area (Å²) in [4.78, 5) is 0. The number of alkyl halides is 5. The lowest BCUT2D eigenvalue weighted by atomic mass is 9.74. The summed E-state index contributed by atoms with van der Waals surface area (Å²) in [7, 11) is 0. The number of rotatable bonds is 1. The Balaban J connectivity index is 2.65. The second-order valence-corrected chi connectivity index (χ2v) is 4.03. The van der Waals surface area contributed by atoms with E-state index in [0.717, 1.165) is 0 Å². The van der Waals surface area contributed by atoms with Crippen molar-refractivity contribution in [1.29, 1.82) is 0 Å². The Bertz CT molecular complexity index is 186. The smallest absolute Gasteiger partial charge is 0.210 e. The van der Waals surface area contributed by atoms with Crippen molar-refractivity contribution in [2.75, 3.05) is 0 Å². The highest BCUT2D eigenvalue weighted by molar-refractivity contribution is 4.83. The molecule has 1 aliphatic carbocycles. The van der Waals surface area contributed by atoms with E-state index in [1.54, 1.807) is 0 Å². The van der Waals surface area contributed by atoms with Crippen LogP contribution in [0.5, 0.6) is 0 Å². The molecular weight excluding hydrogens is 203 g/mol. The van der Waals surface area contributed by atoms with Crippen molar-refractivity contribution in [2.45, 2.75) is 38.8 Å². The third-order valence-electron chi connectivity index (χ3n) is 3.01. The zero-order valence-electron chi connectivity index (χ0n) is 7.82. The summed E-state index contributed by atoms with van der Waals surface area (Å²) in [6.07, 6.45) is -6.90. The maximum atomic E-state index is 12.4. The van der Waals surface area contributed by atoms with Gasteiger partial charge in [0.05, 0.1) is 5.92 Å². The lowest BCUT2D eigenvalue weighted by molar-refractivity contribution is -0.203. The minimum Gasteiger partial charge on any atom is -0.210 e. The van der Waals surface area contributed by atoms with Crippen LogP contribution in [0.3, 0.4) is 0 Å². The van der Waals surface area contributed by atoms with E-state index in [9.17, 15) is 22.0 Å². The molecule has 0 aromatic rings. The SMILES string of the molecule is CC1CCC(C(F)F)CC1C(F)(F)F. The third kappa shape index (κ3) is 2.58. The fraction of sp³-hybridized carbons (Fsp3) is 1.00. The van der Waals surface area contributed by atoms with Crippen molar-refractivity contribution in [3.05, 3.63) is 0 Å².